The standard InChI is InChI=1S/C16H23N3O5/c1-10-9-19(14(21)12-8-17-15(22)18-13(12)20)5-4-16(10,23)11-2-6-24-7-3-11/h8,10-11,23H,2-7,9H2,1H3,(H2,17,18,20,22)/t10-,16+/m1/s1. The van der Waals surface area contributed by atoms with Gasteiger partial charge in [-0.05, 0) is 25.2 Å². The molecule has 1 aromatic heterocycles. The number of hydrogen-bond acceptors (Lipinski definition) is 5. The number of carbonyl (C=O) groups is 1. The smallest absolute Gasteiger partial charge is 0.325 e. The summed E-state index contributed by atoms with van der Waals surface area (Å²) in [6, 6.07) is 0. The van der Waals surface area contributed by atoms with Gasteiger partial charge in [-0.2, -0.15) is 0 Å². The van der Waals surface area contributed by atoms with Gasteiger partial charge in [-0.3, -0.25) is 14.6 Å². The Hall–Kier alpha value is -1.93. The largest absolute Gasteiger partial charge is 0.389 e. The van der Waals surface area contributed by atoms with E-state index < -0.39 is 22.8 Å². The maximum atomic E-state index is 12.5. The van der Waals surface area contributed by atoms with Gasteiger partial charge in [0.25, 0.3) is 11.5 Å². The summed E-state index contributed by atoms with van der Waals surface area (Å²) in [5, 5.41) is 11.1. The Labute approximate surface area is 138 Å². The molecule has 2 atom stereocenters. The second-order valence-corrected chi connectivity index (χ2v) is 6.77. The number of nitrogens with zero attached hydrogens (tertiary/aromatic N) is 1. The third kappa shape index (κ3) is 3.03. The molecular weight excluding hydrogens is 314 g/mol. The highest BCUT2D eigenvalue weighted by atomic mass is 16.5. The molecular formula is C16H23N3O5. The van der Waals surface area contributed by atoms with Gasteiger partial charge in [-0.25, -0.2) is 4.79 Å². The fraction of sp³-hybridized carbons (Fsp3) is 0.688. The summed E-state index contributed by atoms with van der Waals surface area (Å²) in [6.45, 7) is 4.02. The molecule has 0 spiro atoms. The van der Waals surface area contributed by atoms with Crippen LogP contribution in [0.1, 0.15) is 36.5 Å². The molecule has 3 rings (SSSR count). The maximum absolute atomic E-state index is 12.5. The number of ether oxygens (including phenoxy) is 1. The van der Waals surface area contributed by atoms with Crippen molar-refractivity contribution in [2.75, 3.05) is 26.3 Å². The Morgan fingerprint density at radius 3 is 2.71 bits per heavy atom. The van der Waals surface area contributed by atoms with Crippen LogP contribution in [0.5, 0.6) is 0 Å². The Morgan fingerprint density at radius 2 is 2.08 bits per heavy atom. The van der Waals surface area contributed by atoms with Gasteiger partial charge < -0.3 is 19.7 Å². The quantitative estimate of drug-likeness (QED) is 0.685. The van der Waals surface area contributed by atoms with Gasteiger partial charge >= 0.3 is 5.69 Å². The zero-order valence-corrected chi connectivity index (χ0v) is 13.7. The van der Waals surface area contributed by atoms with Crippen LogP contribution >= 0.6 is 0 Å². The van der Waals surface area contributed by atoms with Crippen molar-refractivity contribution in [1.29, 1.82) is 0 Å². The third-order valence-corrected chi connectivity index (χ3v) is 5.39. The van der Waals surface area contributed by atoms with Crippen molar-refractivity contribution < 1.29 is 14.6 Å². The molecule has 2 saturated heterocycles. The van der Waals surface area contributed by atoms with Crippen LogP contribution in [0.25, 0.3) is 0 Å². The molecule has 0 radical (unpaired) electrons. The summed E-state index contributed by atoms with van der Waals surface area (Å²) < 4.78 is 5.37. The molecule has 1 amide bonds. The van der Waals surface area contributed by atoms with Gasteiger partial charge in [0.05, 0.1) is 5.60 Å². The van der Waals surface area contributed by atoms with E-state index in [2.05, 4.69) is 9.97 Å². The first-order valence-corrected chi connectivity index (χ1v) is 8.33. The summed E-state index contributed by atoms with van der Waals surface area (Å²) in [5.74, 6) is -0.344. The normalized spacial score (nSPS) is 28.8. The van der Waals surface area contributed by atoms with Crippen molar-refractivity contribution in [2.45, 2.75) is 31.8 Å². The number of aliphatic hydroxyl groups is 1. The molecule has 2 aliphatic rings. The highest BCUT2D eigenvalue weighted by molar-refractivity contribution is 5.93. The molecule has 0 bridgehead atoms. The van der Waals surface area contributed by atoms with Crippen LogP contribution < -0.4 is 11.2 Å². The predicted molar refractivity (Wildman–Crippen MR) is 85.9 cm³/mol. The summed E-state index contributed by atoms with van der Waals surface area (Å²) in [6.07, 6.45) is 3.28. The highest BCUT2D eigenvalue weighted by Gasteiger charge is 2.46. The zero-order valence-electron chi connectivity index (χ0n) is 13.7. The summed E-state index contributed by atoms with van der Waals surface area (Å²) in [4.78, 5) is 41.4. The number of rotatable bonds is 2. The zero-order chi connectivity index (χ0) is 17.3. The predicted octanol–water partition coefficient (Wildman–Crippen LogP) is -0.297. The first-order chi connectivity index (χ1) is 11.4. The van der Waals surface area contributed by atoms with Crippen LogP contribution in [0.4, 0.5) is 0 Å². The second-order valence-electron chi connectivity index (χ2n) is 6.77. The van der Waals surface area contributed by atoms with Crippen LogP contribution in [0.15, 0.2) is 15.8 Å². The highest BCUT2D eigenvalue weighted by Crippen LogP contribution is 2.39. The topological polar surface area (TPSA) is 115 Å². The van der Waals surface area contributed by atoms with Crippen molar-refractivity contribution in [3.8, 4) is 0 Å². The van der Waals surface area contributed by atoms with E-state index in [1.807, 2.05) is 6.92 Å². The minimum absolute atomic E-state index is 0.0849. The van der Waals surface area contributed by atoms with Crippen molar-refractivity contribution in [2.24, 2.45) is 11.8 Å². The van der Waals surface area contributed by atoms with Crippen LogP contribution in [0.3, 0.4) is 0 Å². The summed E-state index contributed by atoms with van der Waals surface area (Å²) in [7, 11) is 0. The number of piperidine rings is 1. The van der Waals surface area contributed by atoms with Gasteiger partial charge in [-0.1, -0.05) is 6.92 Å². The van der Waals surface area contributed by atoms with E-state index in [-0.39, 0.29) is 17.4 Å². The average molecular weight is 337 g/mol. The van der Waals surface area contributed by atoms with E-state index in [1.165, 1.54) is 0 Å². The van der Waals surface area contributed by atoms with E-state index in [0.717, 1.165) is 19.0 Å². The van der Waals surface area contributed by atoms with Crippen molar-refractivity contribution in [3.05, 3.63) is 32.6 Å². The second kappa shape index (κ2) is 6.52. The molecule has 0 unspecified atom stereocenters. The average Bonchev–Trinajstić information content (AvgIpc) is 2.57. The Bertz CT molecular complexity index is 721. The molecule has 3 N–H and O–H groups in total. The number of aromatic nitrogens is 2. The third-order valence-electron chi connectivity index (χ3n) is 5.39. The monoisotopic (exact) mass is 337 g/mol. The molecule has 2 aliphatic heterocycles. The van der Waals surface area contributed by atoms with E-state index in [1.54, 1.807) is 4.90 Å². The van der Waals surface area contributed by atoms with Crippen LogP contribution in [0.2, 0.25) is 0 Å². The fourth-order valence-electron chi connectivity index (χ4n) is 3.87. The van der Waals surface area contributed by atoms with Gasteiger partial charge in [0.15, 0.2) is 0 Å². The van der Waals surface area contributed by atoms with E-state index in [0.29, 0.717) is 32.7 Å². The minimum Gasteiger partial charge on any atom is -0.389 e. The molecule has 0 aliphatic carbocycles. The van der Waals surface area contributed by atoms with E-state index >= 15 is 0 Å². The number of amides is 1. The number of nitrogens with one attached hydrogen (secondary N) is 2. The SMILES string of the molecule is C[C@@H]1CN(C(=O)c2c[nH]c(=O)[nH]c2=O)CC[C@@]1(O)C1CCOCC1. The molecule has 1 aromatic rings. The minimum atomic E-state index is -0.808. The Balaban J connectivity index is 1.74. The van der Waals surface area contributed by atoms with Gasteiger partial charge in [-0.15, -0.1) is 0 Å². The fourth-order valence-corrected chi connectivity index (χ4v) is 3.87. The molecule has 8 heteroatoms. The molecule has 132 valence electrons. The van der Waals surface area contributed by atoms with Gasteiger partial charge in [0.1, 0.15) is 5.56 Å². The number of likely N-dealkylation sites (tertiary alicyclic amines) is 1. The molecule has 2 fully saturated rings. The molecule has 8 nitrogen and oxygen atoms in total. The lowest BCUT2D eigenvalue weighted by molar-refractivity contribution is -0.125. The van der Waals surface area contributed by atoms with Gasteiger partial charge in [0, 0.05) is 38.4 Å². The molecule has 3 heterocycles. The number of carbonyl (C=O) groups excluding carboxylic acids is 1. The lowest BCUT2D eigenvalue weighted by atomic mass is 9.70. The van der Waals surface area contributed by atoms with Crippen molar-refractivity contribution >= 4 is 5.91 Å². The van der Waals surface area contributed by atoms with Gasteiger partial charge in [0.2, 0.25) is 0 Å². The first-order valence-electron chi connectivity index (χ1n) is 8.33. The number of aromatic amines is 2. The van der Waals surface area contributed by atoms with Crippen LogP contribution in [0, 0.1) is 11.8 Å². The molecule has 0 aromatic carbocycles. The number of hydrogen-bond donors (Lipinski definition) is 3. The summed E-state index contributed by atoms with van der Waals surface area (Å²) >= 11 is 0. The van der Waals surface area contributed by atoms with Crippen molar-refractivity contribution in [1.82, 2.24) is 14.9 Å². The lowest BCUT2D eigenvalue weighted by Gasteiger charge is -2.48. The molecule has 0 saturated carbocycles. The van der Waals surface area contributed by atoms with Crippen LogP contribution in [-0.2, 0) is 4.74 Å². The Kier molecular flexibility index (Phi) is 4.60. The number of H-pyrrole nitrogens is 2. The van der Waals surface area contributed by atoms with E-state index in [9.17, 15) is 19.5 Å². The van der Waals surface area contributed by atoms with Crippen molar-refractivity contribution in [3.63, 3.8) is 0 Å². The van der Waals surface area contributed by atoms with Crippen LogP contribution in [-0.4, -0.2) is 57.8 Å². The maximum Gasteiger partial charge on any atom is 0.325 e. The molecule has 24 heavy (non-hydrogen) atoms. The summed E-state index contributed by atoms with van der Waals surface area (Å²) in [5.41, 5.74) is -2.23. The Morgan fingerprint density at radius 1 is 1.38 bits per heavy atom. The van der Waals surface area contributed by atoms with E-state index in [4.69, 9.17) is 4.74 Å². The first kappa shape index (κ1) is 16.9. The lowest BCUT2D eigenvalue weighted by Crippen LogP contribution is -2.57.